The Morgan fingerprint density at radius 1 is 0.407 bits per heavy atom. The molecule has 0 amide bonds. The van der Waals surface area contributed by atoms with Crippen molar-refractivity contribution >= 4 is 65.3 Å². The molecule has 0 bridgehead atoms. The van der Waals surface area contributed by atoms with E-state index in [-0.39, 0.29) is 0 Å². The van der Waals surface area contributed by atoms with Crippen molar-refractivity contribution in [2.75, 3.05) is 0 Å². The molecule has 5 heteroatoms. The average Bonchev–Trinajstić information content (AvgIpc) is 3.82. The van der Waals surface area contributed by atoms with Crippen LogP contribution in [0.15, 0.2) is 194 Å². The van der Waals surface area contributed by atoms with Gasteiger partial charge in [0.1, 0.15) is 11.3 Å². The van der Waals surface area contributed by atoms with E-state index in [4.69, 9.17) is 14.7 Å². The second-order valence-corrected chi connectivity index (χ2v) is 15.3. The third-order valence-electron chi connectivity index (χ3n) is 12.1. The summed E-state index contributed by atoms with van der Waals surface area (Å²) in [5, 5.41) is 7.92. The van der Waals surface area contributed by atoms with Crippen LogP contribution in [0.1, 0.15) is 0 Å². The Balaban J connectivity index is 1.09. The van der Waals surface area contributed by atoms with E-state index in [1.807, 2.05) is 12.1 Å². The lowest BCUT2D eigenvalue weighted by atomic mass is 9.93. The molecule has 1 aliphatic heterocycles. The average molecular weight is 753 g/mol. The van der Waals surface area contributed by atoms with E-state index in [1.165, 1.54) is 21.8 Å². The van der Waals surface area contributed by atoms with Crippen molar-refractivity contribution < 1.29 is 4.74 Å². The van der Waals surface area contributed by atoms with E-state index in [2.05, 4.69) is 191 Å². The number of nitrogens with zero attached hydrogens (tertiary/aromatic N) is 4. The molecule has 0 radical (unpaired) electrons. The van der Waals surface area contributed by atoms with Crippen molar-refractivity contribution in [1.82, 2.24) is 19.1 Å². The maximum atomic E-state index is 7.02. The first kappa shape index (κ1) is 32.1. The maximum Gasteiger partial charge on any atom is 0.235 e. The van der Waals surface area contributed by atoms with Gasteiger partial charge in [-0.25, -0.2) is 9.97 Å². The molecule has 1 aliphatic rings. The molecule has 13 rings (SSSR count). The minimum Gasteiger partial charge on any atom is -0.454 e. The van der Waals surface area contributed by atoms with E-state index >= 15 is 0 Å². The van der Waals surface area contributed by atoms with Crippen LogP contribution in [0.2, 0.25) is 0 Å². The van der Waals surface area contributed by atoms with Crippen LogP contribution < -0.4 is 4.74 Å². The van der Waals surface area contributed by atoms with E-state index in [0.717, 1.165) is 94.2 Å². The molecule has 3 aromatic heterocycles. The summed E-state index contributed by atoms with van der Waals surface area (Å²) in [7, 11) is 0. The monoisotopic (exact) mass is 752 g/mol. The van der Waals surface area contributed by atoms with Crippen LogP contribution in [0.4, 0.5) is 0 Å². The van der Waals surface area contributed by atoms with Crippen molar-refractivity contribution in [2.45, 2.75) is 0 Å². The summed E-state index contributed by atoms with van der Waals surface area (Å²) < 4.78 is 11.6. The number of aromatic nitrogens is 4. The third-order valence-corrected chi connectivity index (χ3v) is 12.1. The summed E-state index contributed by atoms with van der Waals surface area (Å²) in [6, 6.07) is 68.9. The molecular formula is C54H32N4O. The minimum absolute atomic E-state index is 0.597. The molecule has 4 heterocycles. The van der Waals surface area contributed by atoms with Crippen LogP contribution in [-0.4, -0.2) is 19.1 Å². The van der Waals surface area contributed by atoms with Crippen LogP contribution >= 0.6 is 0 Å². The Kier molecular flexibility index (Phi) is 6.66. The molecule has 59 heavy (non-hydrogen) atoms. The number of rotatable bonds is 4. The molecule has 0 N–H and O–H groups in total. The second-order valence-electron chi connectivity index (χ2n) is 15.3. The van der Waals surface area contributed by atoms with Crippen molar-refractivity contribution in [3.8, 4) is 56.6 Å². The summed E-state index contributed by atoms with van der Waals surface area (Å²) >= 11 is 0. The number of ether oxygens (including phenoxy) is 1. The summed E-state index contributed by atoms with van der Waals surface area (Å²) in [6.07, 6.45) is 0. The second kappa shape index (κ2) is 12.2. The van der Waals surface area contributed by atoms with Crippen molar-refractivity contribution in [3.63, 3.8) is 0 Å². The summed E-state index contributed by atoms with van der Waals surface area (Å²) in [5.41, 5.74) is 12.8. The smallest absolute Gasteiger partial charge is 0.235 e. The summed E-state index contributed by atoms with van der Waals surface area (Å²) in [4.78, 5) is 10.7. The maximum absolute atomic E-state index is 7.02. The highest BCUT2D eigenvalue weighted by atomic mass is 16.5. The van der Waals surface area contributed by atoms with Gasteiger partial charge in [-0.1, -0.05) is 133 Å². The number of hydrogen-bond donors (Lipinski definition) is 0. The predicted molar refractivity (Wildman–Crippen MR) is 242 cm³/mol. The molecule has 0 atom stereocenters. The Morgan fingerprint density at radius 2 is 1.07 bits per heavy atom. The molecule has 5 nitrogen and oxygen atoms in total. The zero-order chi connectivity index (χ0) is 38.6. The SMILES string of the molecule is c1ccc(-c2nc(-n3c4ccc(-c5ccc6c(c5)c5ccccc5n6-c5ccccc5)cc4c4ccc5c(c43)Oc3cccc4cccc-5c34)nc3ccccc23)cc1. The lowest BCUT2D eigenvalue weighted by Gasteiger charge is -2.22. The van der Waals surface area contributed by atoms with Gasteiger partial charge in [-0.3, -0.25) is 4.57 Å². The standard InChI is InChI=1S/C54H32N4O/c1-3-13-34(14-4-1)51-42-20-7-9-22-45(42)55-54(56-51)58-48-30-26-36(35-25-29-47-43(31-35)38-19-8-10-23-46(38)57(47)37-17-5-2-6-18-37)32-44(48)40-27-28-41-39-21-11-15-33-16-12-24-49(50(33)39)59-53(41)52(40)58/h1-32H. The van der Waals surface area contributed by atoms with E-state index in [9.17, 15) is 0 Å². The number of fused-ring (bicyclic) bond motifs is 10. The lowest BCUT2D eigenvalue weighted by molar-refractivity contribution is 0.491. The molecule has 0 saturated carbocycles. The highest BCUT2D eigenvalue weighted by Crippen LogP contribution is 2.51. The van der Waals surface area contributed by atoms with Crippen molar-refractivity contribution in [1.29, 1.82) is 0 Å². The number of benzene rings is 9. The van der Waals surface area contributed by atoms with E-state index in [0.29, 0.717) is 5.95 Å². The van der Waals surface area contributed by atoms with Gasteiger partial charge >= 0.3 is 0 Å². The molecule has 9 aromatic carbocycles. The molecular weight excluding hydrogens is 721 g/mol. The van der Waals surface area contributed by atoms with Gasteiger partial charge < -0.3 is 9.30 Å². The van der Waals surface area contributed by atoms with Gasteiger partial charge in [0, 0.05) is 49.1 Å². The molecule has 0 fully saturated rings. The lowest BCUT2D eigenvalue weighted by Crippen LogP contribution is -2.05. The molecule has 0 spiro atoms. The van der Waals surface area contributed by atoms with Gasteiger partial charge in [-0.05, 0) is 82.7 Å². The van der Waals surface area contributed by atoms with Gasteiger partial charge in [0.15, 0.2) is 5.75 Å². The van der Waals surface area contributed by atoms with E-state index < -0.39 is 0 Å². The fourth-order valence-corrected chi connectivity index (χ4v) is 9.49. The Labute approximate surface area is 338 Å². The number of hydrogen-bond acceptors (Lipinski definition) is 3. The van der Waals surface area contributed by atoms with Crippen LogP contribution in [0.5, 0.6) is 11.5 Å². The molecule has 0 unspecified atom stereocenters. The van der Waals surface area contributed by atoms with Gasteiger partial charge in [0.2, 0.25) is 5.95 Å². The fourth-order valence-electron chi connectivity index (χ4n) is 9.49. The first-order valence-corrected chi connectivity index (χ1v) is 20.0. The highest BCUT2D eigenvalue weighted by molar-refractivity contribution is 6.17. The van der Waals surface area contributed by atoms with Gasteiger partial charge in [-0.15, -0.1) is 0 Å². The van der Waals surface area contributed by atoms with Crippen molar-refractivity contribution in [2.24, 2.45) is 0 Å². The Bertz CT molecular complexity index is 3690. The largest absolute Gasteiger partial charge is 0.454 e. The number of para-hydroxylation sites is 3. The Hall–Kier alpha value is -8.02. The van der Waals surface area contributed by atoms with Gasteiger partial charge in [-0.2, -0.15) is 0 Å². The summed E-state index contributed by atoms with van der Waals surface area (Å²) in [6.45, 7) is 0. The molecule has 0 aliphatic carbocycles. The molecule has 12 aromatic rings. The zero-order valence-electron chi connectivity index (χ0n) is 31.7. The van der Waals surface area contributed by atoms with Crippen LogP contribution in [-0.2, 0) is 0 Å². The van der Waals surface area contributed by atoms with Crippen LogP contribution in [0, 0.1) is 0 Å². The zero-order valence-corrected chi connectivity index (χ0v) is 31.7. The third kappa shape index (κ3) is 4.67. The van der Waals surface area contributed by atoms with Crippen molar-refractivity contribution in [3.05, 3.63) is 194 Å². The first-order chi connectivity index (χ1) is 29.3. The predicted octanol–water partition coefficient (Wildman–Crippen LogP) is 14.1. The van der Waals surface area contributed by atoms with E-state index in [1.54, 1.807) is 0 Å². The fraction of sp³-hybridized carbons (Fsp3) is 0. The minimum atomic E-state index is 0.597. The first-order valence-electron chi connectivity index (χ1n) is 20.0. The topological polar surface area (TPSA) is 44.9 Å². The normalized spacial score (nSPS) is 12.2. The van der Waals surface area contributed by atoms with Crippen LogP contribution in [0.3, 0.4) is 0 Å². The molecule has 274 valence electrons. The Morgan fingerprint density at radius 3 is 1.88 bits per heavy atom. The quantitative estimate of drug-likeness (QED) is 0.180. The van der Waals surface area contributed by atoms with Gasteiger partial charge in [0.25, 0.3) is 0 Å². The van der Waals surface area contributed by atoms with Gasteiger partial charge in [0.05, 0.1) is 27.8 Å². The summed E-state index contributed by atoms with van der Waals surface area (Å²) in [5.74, 6) is 2.25. The van der Waals surface area contributed by atoms with Crippen LogP contribution in [0.25, 0.3) is 110 Å². The highest BCUT2D eigenvalue weighted by Gasteiger charge is 2.27. The molecule has 0 saturated heterocycles.